The van der Waals surface area contributed by atoms with Crippen LogP contribution in [-0.2, 0) is 9.59 Å². The number of hydrogen-bond donors (Lipinski definition) is 1. The van der Waals surface area contributed by atoms with Crippen LogP contribution in [0.5, 0.6) is 0 Å². The van der Waals surface area contributed by atoms with Crippen molar-refractivity contribution in [1.82, 2.24) is 10.2 Å². The van der Waals surface area contributed by atoms with Gasteiger partial charge >= 0.3 is 0 Å². The molecule has 0 atom stereocenters. The van der Waals surface area contributed by atoms with E-state index < -0.39 is 0 Å². The fourth-order valence-electron chi connectivity index (χ4n) is 6.89. The predicted octanol–water partition coefficient (Wildman–Crippen LogP) is 3.89. The van der Waals surface area contributed by atoms with Gasteiger partial charge in [-0.05, 0) is 81.0 Å². The molecule has 1 N–H and O–H groups in total. The van der Waals surface area contributed by atoms with Crippen LogP contribution >= 0.6 is 0 Å². The molecule has 146 valence electrons. The van der Waals surface area contributed by atoms with Gasteiger partial charge in [-0.25, -0.2) is 0 Å². The molecule has 26 heavy (non-hydrogen) atoms. The van der Waals surface area contributed by atoms with Gasteiger partial charge in [-0.2, -0.15) is 0 Å². The average Bonchev–Trinajstić information content (AvgIpc) is 2.58. The highest BCUT2D eigenvalue weighted by Crippen LogP contribution is 2.61. The van der Waals surface area contributed by atoms with E-state index in [1.165, 1.54) is 38.5 Å². The normalized spacial score (nSPS) is 36.3. The third-order valence-electron chi connectivity index (χ3n) is 7.66. The number of unbranched alkanes of at least 4 members (excludes halogenated alkanes) is 1. The van der Waals surface area contributed by atoms with Crippen LogP contribution in [0.15, 0.2) is 0 Å². The van der Waals surface area contributed by atoms with Crippen molar-refractivity contribution in [3.05, 3.63) is 0 Å². The van der Waals surface area contributed by atoms with Crippen molar-refractivity contribution in [2.24, 2.45) is 23.2 Å². The summed E-state index contributed by atoms with van der Waals surface area (Å²) >= 11 is 0. The first-order valence-corrected chi connectivity index (χ1v) is 11.1. The molecule has 4 nitrogen and oxygen atoms in total. The first kappa shape index (κ1) is 18.3. The molecule has 5 rings (SSSR count). The Hall–Kier alpha value is -1.06. The predicted molar refractivity (Wildman–Crippen MR) is 102 cm³/mol. The second-order valence-corrected chi connectivity index (χ2v) is 9.92. The number of piperidine rings is 1. The van der Waals surface area contributed by atoms with E-state index >= 15 is 0 Å². The molecule has 1 heterocycles. The maximum atomic E-state index is 12.8. The zero-order valence-corrected chi connectivity index (χ0v) is 16.5. The standard InChI is InChI=1S/C22H36N2O2/c1-2-3-4-21(26)24-7-5-19(6-8-24)23-20(25)15-22-12-16-9-17(13-22)11-18(10-16)14-22/h16-19H,2-15H2,1H3,(H,23,25). The van der Waals surface area contributed by atoms with Crippen molar-refractivity contribution in [2.75, 3.05) is 13.1 Å². The molecular weight excluding hydrogens is 324 g/mol. The molecule has 1 saturated heterocycles. The van der Waals surface area contributed by atoms with Gasteiger partial charge in [-0.1, -0.05) is 13.3 Å². The Morgan fingerprint density at radius 2 is 1.58 bits per heavy atom. The van der Waals surface area contributed by atoms with Gasteiger partial charge in [0, 0.05) is 32.0 Å². The fraction of sp³-hybridized carbons (Fsp3) is 0.909. The Bertz CT molecular complexity index is 501. The quantitative estimate of drug-likeness (QED) is 0.781. The van der Waals surface area contributed by atoms with Crippen LogP contribution < -0.4 is 5.32 Å². The zero-order chi connectivity index (χ0) is 18.1. The summed E-state index contributed by atoms with van der Waals surface area (Å²) in [6, 6.07) is 0.270. The molecule has 4 aliphatic carbocycles. The Balaban J connectivity index is 1.23. The number of amides is 2. The minimum Gasteiger partial charge on any atom is -0.353 e. The van der Waals surface area contributed by atoms with E-state index in [0.717, 1.165) is 62.9 Å². The van der Waals surface area contributed by atoms with E-state index in [4.69, 9.17) is 0 Å². The van der Waals surface area contributed by atoms with Gasteiger partial charge in [0.05, 0.1) is 0 Å². The highest BCUT2D eigenvalue weighted by atomic mass is 16.2. The van der Waals surface area contributed by atoms with Gasteiger partial charge in [-0.15, -0.1) is 0 Å². The van der Waals surface area contributed by atoms with Gasteiger partial charge in [0.15, 0.2) is 0 Å². The van der Waals surface area contributed by atoms with Crippen molar-refractivity contribution in [3.63, 3.8) is 0 Å². The Kier molecular flexibility index (Phi) is 5.29. The molecule has 4 heteroatoms. The number of hydrogen-bond acceptors (Lipinski definition) is 2. The lowest BCUT2D eigenvalue weighted by Crippen LogP contribution is -2.50. The lowest BCUT2D eigenvalue weighted by molar-refractivity contribution is -0.133. The molecule has 5 aliphatic rings. The number of carbonyl (C=O) groups is 2. The molecule has 0 radical (unpaired) electrons. The Morgan fingerprint density at radius 1 is 1.00 bits per heavy atom. The van der Waals surface area contributed by atoms with Gasteiger partial charge < -0.3 is 10.2 Å². The molecule has 0 aromatic carbocycles. The minimum atomic E-state index is 0.270. The average molecular weight is 361 g/mol. The van der Waals surface area contributed by atoms with Gasteiger partial charge in [0.25, 0.3) is 0 Å². The summed E-state index contributed by atoms with van der Waals surface area (Å²) < 4.78 is 0. The summed E-state index contributed by atoms with van der Waals surface area (Å²) in [5.74, 6) is 3.30. The largest absolute Gasteiger partial charge is 0.353 e. The lowest BCUT2D eigenvalue weighted by atomic mass is 9.49. The van der Waals surface area contributed by atoms with E-state index in [1.54, 1.807) is 0 Å². The number of nitrogens with zero attached hydrogens (tertiary/aromatic N) is 1. The zero-order valence-electron chi connectivity index (χ0n) is 16.5. The highest BCUT2D eigenvalue weighted by Gasteiger charge is 2.51. The van der Waals surface area contributed by atoms with Crippen LogP contribution in [0.1, 0.15) is 84.0 Å². The molecule has 5 fully saturated rings. The van der Waals surface area contributed by atoms with Crippen LogP contribution in [0.4, 0.5) is 0 Å². The van der Waals surface area contributed by atoms with Gasteiger partial charge in [-0.3, -0.25) is 9.59 Å². The van der Waals surface area contributed by atoms with Crippen molar-refractivity contribution in [1.29, 1.82) is 0 Å². The van der Waals surface area contributed by atoms with E-state index in [9.17, 15) is 9.59 Å². The molecule has 0 aromatic heterocycles. The summed E-state index contributed by atoms with van der Waals surface area (Å²) in [7, 11) is 0. The third kappa shape index (κ3) is 3.94. The van der Waals surface area contributed by atoms with Crippen LogP contribution in [0.3, 0.4) is 0 Å². The van der Waals surface area contributed by atoms with E-state index in [2.05, 4.69) is 12.2 Å². The number of likely N-dealkylation sites (tertiary alicyclic amines) is 1. The van der Waals surface area contributed by atoms with Crippen LogP contribution in [0.2, 0.25) is 0 Å². The number of nitrogens with one attached hydrogen (secondary N) is 1. The fourth-order valence-corrected chi connectivity index (χ4v) is 6.89. The minimum absolute atomic E-state index is 0.270. The summed E-state index contributed by atoms with van der Waals surface area (Å²) in [6.45, 7) is 3.74. The first-order valence-electron chi connectivity index (χ1n) is 11.1. The lowest BCUT2D eigenvalue weighted by Gasteiger charge is -2.56. The maximum Gasteiger partial charge on any atom is 0.222 e. The highest BCUT2D eigenvalue weighted by molar-refractivity contribution is 5.78. The molecule has 1 aliphatic heterocycles. The second kappa shape index (κ2) is 7.52. The summed E-state index contributed by atoms with van der Waals surface area (Å²) in [4.78, 5) is 26.9. The molecule has 0 aromatic rings. The summed E-state index contributed by atoms with van der Waals surface area (Å²) in [5.41, 5.74) is 0.329. The Morgan fingerprint density at radius 3 is 2.12 bits per heavy atom. The molecule has 0 spiro atoms. The molecule has 2 amide bonds. The van der Waals surface area contributed by atoms with Crippen molar-refractivity contribution < 1.29 is 9.59 Å². The smallest absolute Gasteiger partial charge is 0.222 e. The second-order valence-electron chi connectivity index (χ2n) is 9.92. The van der Waals surface area contributed by atoms with E-state index in [0.29, 0.717) is 17.7 Å². The van der Waals surface area contributed by atoms with Gasteiger partial charge in [0.1, 0.15) is 0 Å². The topological polar surface area (TPSA) is 49.4 Å². The van der Waals surface area contributed by atoms with Crippen molar-refractivity contribution in [2.45, 2.75) is 90.0 Å². The molecule has 0 unspecified atom stereocenters. The number of carbonyl (C=O) groups excluding carboxylic acids is 2. The SMILES string of the molecule is CCCCC(=O)N1CCC(NC(=O)CC23CC4CC(CC(C4)C2)C3)CC1. The van der Waals surface area contributed by atoms with E-state index in [-0.39, 0.29) is 11.9 Å². The first-order chi connectivity index (χ1) is 12.5. The van der Waals surface area contributed by atoms with Crippen LogP contribution in [-0.4, -0.2) is 35.8 Å². The maximum absolute atomic E-state index is 12.8. The number of rotatable bonds is 6. The van der Waals surface area contributed by atoms with Crippen LogP contribution in [0.25, 0.3) is 0 Å². The van der Waals surface area contributed by atoms with Crippen LogP contribution in [0, 0.1) is 23.2 Å². The third-order valence-corrected chi connectivity index (χ3v) is 7.66. The molecule has 4 bridgehead atoms. The van der Waals surface area contributed by atoms with Gasteiger partial charge in [0.2, 0.25) is 11.8 Å². The summed E-state index contributed by atoms with van der Waals surface area (Å²) in [6.07, 6.45) is 13.6. The van der Waals surface area contributed by atoms with Crippen molar-refractivity contribution >= 4 is 11.8 Å². The molecular formula is C22H36N2O2. The summed E-state index contributed by atoms with van der Waals surface area (Å²) in [5, 5.41) is 3.32. The monoisotopic (exact) mass is 360 g/mol. The van der Waals surface area contributed by atoms with E-state index in [1.807, 2.05) is 4.90 Å². The molecule has 4 saturated carbocycles. The van der Waals surface area contributed by atoms with Crippen molar-refractivity contribution in [3.8, 4) is 0 Å². The Labute approximate surface area is 158 Å².